The zero-order chi connectivity index (χ0) is 21.9. The molecular weight excluding hydrogens is 426 g/mol. The smallest absolute Gasteiger partial charge is 0.184 e. The summed E-state index contributed by atoms with van der Waals surface area (Å²) in [7, 11) is 3.13. The van der Waals surface area contributed by atoms with E-state index in [0.717, 1.165) is 12.0 Å². The second-order valence-corrected chi connectivity index (χ2v) is 6.79. The molecule has 160 valence electrons. The highest BCUT2D eigenvalue weighted by Crippen LogP contribution is 2.36. The molecule has 0 saturated carbocycles. The monoisotopic (exact) mass is 449 g/mol. The summed E-state index contributed by atoms with van der Waals surface area (Å²) in [5.41, 5.74) is 9.58. The van der Waals surface area contributed by atoms with Gasteiger partial charge in [-0.25, -0.2) is 0 Å². The van der Waals surface area contributed by atoms with Gasteiger partial charge in [0.1, 0.15) is 13.2 Å². The van der Waals surface area contributed by atoms with Crippen LogP contribution in [0.25, 0.3) is 0 Å². The lowest BCUT2D eigenvalue weighted by molar-refractivity contribution is 0.206. The minimum atomic E-state index is 0.0660. The molecular formula is C21H24ClN3O4S. The quantitative estimate of drug-likeness (QED) is 0.178. The van der Waals surface area contributed by atoms with Crippen LogP contribution in [0.2, 0.25) is 5.02 Å². The first kappa shape index (κ1) is 23.3. The van der Waals surface area contributed by atoms with Crippen molar-refractivity contribution in [2.75, 3.05) is 27.4 Å². The lowest BCUT2D eigenvalue weighted by Crippen LogP contribution is -2.23. The molecule has 2 aromatic carbocycles. The Morgan fingerprint density at radius 1 is 1.13 bits per heavy atom. The van der Waals surface area contributed by atoms with E-state index in [1.54, 1.807) is 19.2 Å². The molecule has 0 aromatic heterocycles. The molecule has 0 fully saturated rings. The molecule has 0 heterocycles. The number of allylic oxidation sites excluding steroid dienone is 1. The molecule has 0 radical (unpaired) electrons. The fraction of sp³-hybridized carbons (Fsp3) is 0.238. The Morgan fingerprint density at radius 3 is 2.53 bits per heavy atom. The van der Waals surface area contributed by atoms with E-state index in [9.17, 15) is 0 Å². The third-order valence-electron chi connectivity index (χ3n) is 3.84. The number of hydrogen-bond acceptors (Lipinski definition) is 6. The average Bonchev–Trinajstić information content (AvgIpc) is 2.72. The second kappa shape index (κ2) is 11.9. The predicted octanol–water partition coefficient (Wildman–Crippen LogP) is 3.71. The van der Waals surface area contributed by atoms with Crippen LogP contribution in [0.5, 0.6) is 23.0 Å². The van der Waals surface area contributed by atoms with Crippen LogP contribution in [0.15, 0.2) is 48.1 Å². The molecule has 0 aliphatic rings. The molecule has 0 spiro atoms. The number of rotatable bonds is 11. The number of hydrazone groups is 1. The van der Waals surface area contributed by atoms with Gasteiger partial charge in [0.25, 0.3) is 0 Å². The number of thiocarbonyl (C=S) groups is 1. The van der Waals surface area contributed by atoms with Gasteiger partial charge in [-0.05, 0) is 54.0 Å². The maximum atomic E-state index is 6.34. The first-order valence-electron chi connectivity index (χ1n) is 8.98. The highest BCUT2D eigenvalue weighted by Gasteiger charge is 2.12. The van der Waals surface area contributed by atoms with Gasteiger partial charge in [-0.2, -0.15) is 5.10 Å². The van der Waals surface area contributed by atoms with Gasteiger partial charge in [-0.3, -0.25) is 5.43 Å². The van der Waals surface area contributed by atoms with Gasteiger partial charge in [0.05, 0.1) is 25.5 Å². The highest BCUT2D eigenvalue weighted by atomic mass is 35.5. The number of nitrogens with one attached hydrogen (secondary N) is 1. The van der Waals surface area contributed by atoms with Crippen LogP contribution in [0.3, 0.4) is 0 Å². The molecule has 2 rings (SSSR count). The molecule has 0 atom stereocenters. The lowest BCUT2D eigenvalue weighted by Gasteiger charge is -2.15. The van der Waals surface area contributed by atoms with Crippen molar-refractivity contribution >= 4 is 35.1 Å². The van der Waals surface area contributed by atoms with E-state index in [1.807, 2.05) is 24.3 Å². The fourth-order valence-electron chi connectivity index (χ4n) is 2.55. The Balaban J connectivity index is 1.99. The molecule has 0 unspecified atom stereocenters. The zero-order valence-electron chi connectivity index (χ0n) is 16.8. The normalized spacial score (nSPS) is 10.5. The van der Waals surface area contributed by atoms with Crippen LogP contribution in [0.4, 0.5) is 0 Å². The van der Waals surface area contributed by atoms with Gasteiger partial charge >= 0.3 is 0 Å². The van der Waals surface area contributed by atoms with E-state index in [0.29, 0.717) is 33.6 Å². The summed E-state index contributed by atoms with van der Waals surface area (Å²) in [5.74, 6) is 2.16. The molecule has 0 saturated heterocycles. The van der Waals surface area contributed by atoms with E-state index in [4.69, 9.17) is 48.5 Å². The van der Waals surface area contributed by atoms with Crippen LogP contribution in [-0.4, -0.2) is 38.8 Å². The summed E-state index contributed by atoms with van der Waals surface area (Å²) < 4.78 is 22.3. The Kier molecular flexibility index (Phi) is 9.24. The number of halogens is 1. The number of methoxy groups -OCH3 is 2. The Hall–Kier alpha value is -2.97. The average molecular weight is 450 g/mol. The molecule has 0 amide bonds. The number of benzene rings is 2. The fourth-order valence-corrected chi connectivity index (χ4v) is 2.87. The number of nitrogens with zero attached hydrogens (tertiary/aromatic N) is 1. The predicted molar refractivity (Wildman–Crippen MR) is 123 cm³/mol. The zero-order valence-corrected chi connectivity index (χ0v) is 18.4. The molecule has 2 aromatic rings. The van der Waals surface area contributed by atoms with Crippen molar-refractivity contribution < 1.29 is 18.9 Å². The molecule has 3 N–H and O–H groups in total. The molecule has 0 bridgehead atoms. The van der Waals surface area contributed by atoms with E-state index >= 15 is 0 Å². The molecule has 7 nitrogen and oxygen atoms in total. The van der Waals surface area contributed by atoms with Gasteiger partial charge in [-0.15, -0.1) is 6.58 Å². The van der Waals surface area contributed by atoms with Crippen molar-refractivity contribution in [2.45, 2.75) is 6.42 Å². The van der Waals surface area contributed by atoms with Gasteiger partial charge < -0.3 is 24.7 Å². The summed E-state index contributed by atoms with van der Waals surface area (Å²) >= 11 is 11.0. The summed E-state index contributed by atoms with van der Waals surface area (Å²) in [4.78, 5) is 0. The SMILES string of the molecule is C=CCc1ccc(OCCOc2c(Cl)cc(C=NNC(N)=S)cc2OC)c(OC)c1. The van der Waals surface area contributed by atoms with Gasteiger partial charge in [0.2, 0.25) is 0 Å². The number of hydrogen-bond donors (Lipinski definition) is 2. The standard InChI is InChI=1S/C21H24ClN3O4S/c1-4-5-14-6-7-17(18(11-14)26-2)28-8-9-29-20-16(22)10-15(12-19(20)27-3)13-24-25-21(23)30/h4,6-7,10-13H,1,5,8-9H2,2-3H3,(H3,23,25,30). The van der Waals surface area contributed by atoms with Crippen LogP contribution >= 0.6 is 23.8 Å². The maximum Gasteiger partial charge on any atom is 0.184 e. The van der Waals surface area contributed by atoms with Gasteiger partial charge in [0, 0.05) is 0 Å². The second-order valence-electron chi connectivity index (χ2n) is 5.94. The minimum Gasteiger partial charge on any atom is -0.493 e. The molecule has 0 aliphatic carbocycles. The van der Waals surface area contributed by atoms with E-state index in [1.165, 1.54) is 13.3 Å². The summed E-state index contributed by atoms with van der Waals surface area (Å²) in [6.45, 7) is 4.28. The number of ether oxygens (including phenoxy) is 4. The minimum absolute atomic E-state index is 0.0660. The van der Waals surface area contributed by atoms with Crippen molar-refractivity contribution in [3.8, 4) is 23.0 Å². The Labute approximate surface area is 186 Å². The van der Waals surface area contributed by atoms with Crippen LogP contribution < -0.4 is 30.1 Å². The number of nitrogens with two attached hydrogens (primary N) is 1. The van der Waals surface area contributed by atoms with Crippen LogP contribution in [0, 0.1) is 0 Å². The molecule has 30 heavy (non-hydrogen) atoms. The van der Waals surface area contributed by atoms with Crippen molar-refractivity contribution in [3.63, 3.8) is 0 Å². The van der Waals surface area contributed by atoms with E-state index in [2.05, 4.69) is 17.1 Å². The van der Waals surface area contributed by atoms with Gasteiger partial charge in [-0.1, -0.05) is 23.7 Å². The molecule has 0 aliphatic heterocycles. The van der Waals surface area contributed by atoms with Gasteiger partial charge in [0.15, 0.2) is 28.1 Å². The topological polar surface area (TPSA) is 87.3 Å². The third kappa shape index (κ3) is 6.82. The van der Waals surface area contributed by atoms with E-state index in [-0.39, 0.29) is 18.3 Å². The largest absolute Gasteiger partial charge is 0.493 e. The first-order valence-corrected chi connectivity index (χ1v) is 9.76. The summed E-state index contributed by atoms with van der Waals surface area (Å²) in [6.07, 6.45) is 4.11. The van der Waals surface area contributed by atoms with Crippen LogP contribution in [-0.2, 0) is 6.42 Å². The van der Waals surface area contributed by atoms with Crippen molar-refractivity contribution in [3.05, 3.63) is 59.1 Å². The Bertz CT molecular complexity index is 921. The van der Waals surface area contributed by atoms with E-state index < -0.39 is 0 Å². The Morgan fingerprint density at radius 2 is 1.87 bits per heavy atom. The van der Waals surface area contributed by atoms with Crippen LogP contribution in [0.1, 0.15) is 11.1 Å². The van der Waals surface area contributed by atoms with Crippen molar-refractivity contribution in [1.29, 1.82) is 0 Å². The maximum absolute atomic E-state index is 6.34. The molecule has 9 heteroatoms. The van der Waals surface area contributed by atoms with Crippen molar-refractivity contribution in [2.24, 2.45) is 10.8 Å². The highest BCUT2D eigenvalue weighted by molar-refractivity contribution is 7.80. The van der Waals surface area contributed by atoms with Crippen molar-refractivity contribution in [1.82, 2.24) is 5.43 Å². The summed E-state index contributed by atoms with van der Waals surface area (Å²) in [5, 5.41) is 4.34. The lowest BCUT2D eigenvalue weighted by atomic mass is 10.1. The third-order valence-corrected chi connectivity index (χ3v) is 4.21. The first-order chi connectivity index (χ1) is 14.5. The summed E-state index contributed by atoms with van der Waals surface area (Å²) in [6, 6.07) is 9.16.